The number of amides is 4. The number of nitro groups is 1. The Labute approximate surface area is 231 Å². The van der Waals surface area contributed by atoms with E-state index >= 15 is 0 Å². The van der Waals surface area contributed by atoms with Gasteiger partial charge in [-0.3, -0.25) is 25.0 Å². The first-order valence-electron chi connectivity index (χ1n) is 11.3. The van der Waals surface area contributed by atoms with E-state index in [1.54, 1.807) is 43.3 Å². The molecule has 1 N–H and O–H groups in total. The number of carbonyl (C=O) groups is 3. The van der Waals surface area contributed by atoms with Crippen LogP contribution < -0.4 is 19.7 Å². The van der Waals surface area contributed by atoms with Crippen LogP contribution in [0.4, 0.5) is 16.2 Å². The van der Waals surface area contributed by atoms with Crippen molar-refractivity contribution in [2.45, 2.75) is 20.5 Å². The topological polar surface area (TPSA) is 128 Å². The van der Waals surface area contributed by atoms with Crippen LogP contribution in [-0.2, 0) is 16.2 Å². The van der Waals surface area contributed by atoms with Gasteiger partial charge < -0.3 is 9.47 Å². The van der Waals surface area contributed by atoms with E-state index in [0.29, 0.717) is 31.9 Å². The zero-order valence-electron chi connectivity index (χ0n) is 20.6. The number of nitrogens with one attached hydrogen (secondary N) is 1. The third kappa shape index (κ3) is 5.52. The van der Waals surface area contributed by atoms with Gasteiger partial charge in [-0.2, -0.15) is 0 Å². The molecule has 1 fully saturated rings. The van der Waals surface area contributed by atoms with Gasteiger partial charge in [-0.05, 0) is 89.5 Å². The van der Waals surface area contributed by atoms with Crippen molar-refractivity contribution in [3.8, 4) is 11.5 Å². The maximum atomic E-state index is 13.3. The Morgan fingerprint density at radius 3 is 2.39 bits per heavy atom. The lowest BCUT2D eigenvalue weighted by Crippen LogP contribution is -2.54. The SMILES string of the molecule is COc1cc(/C=C2\C(=O)NC(=O)N(c3ccc(C)cc3C)C2=O)cc(I)c1OCc1ccc([N+](=O)[O-])cc1. The number of halogens is 1. The fraction of sp³-hybridized carbons (Fsp3) is 0.148. The predicted molar refractivity (Wildman–Crippen MR) is 148 cm³/mol. The quantitative estimate of drug-likeness (QED) is 0.127. The lowest BCUT2D eigenvalue weighted by Gasteiger charge is -2.27. The Bertz CT molecular complexity index is 1500. The van der Waals surface area contributed by atoms with Gasteiger partial charge in [0.2, 0.25) is 0 Å². The van der Waals surface area contributed by atoms with Crippen LogP contribution in [0.1, 0.15) is 22.3 Å². The maximum absolute atomic E-state index is 13.3. The molecular formula is C27H22IN3O7. The molecule has 0 bridgehead atoms. The van der Waals surface area contributed by atoms with Crippen molar-refractivity contribution >= 4 is 57.9 Å². The average Bonchev–Trinajstić information content (AvgIpc) is 2.87. The van der Waals surface area contributed by atoms with E-state index in [-0.39, 0.29) is 17.9 Å². The van der Waals surface area contributed by atoms with Crippen molar-refractivity contribution in [1.82, 2.24) is 5.32 Å². The number of non-ortho nitro benzene ring substituents is 1. The first-order valence-corrected chi connectivity index (χ1v) is 12.4. The van der Waals surface area contributed by atoms with Crippen LogP contribution >= 0.6 is 22.6 Å². The summed E-state index contributed by atoms with van der Waals surface area (Å²) in [6, 6.07) is 13.8. The van der Waals surface area contributed by atoms with Gasteiger partial charge in [0, 0.05) is 12.1 Å². The number of anilines is 1. The Hall–Kier alpha value is -4.26. The molecule has 4 rings (SSSR count). The Kier molecular flexibility index (Phi) is 7.76. The van der Waals surface area contributed by atoms with Gasteiger partial charge in [0.15, 0.2) is 11.5 Å². The molecule has 194 valence electrons. The standard InChI is InChI=1S/C27H22IN3O7/c1-15-4-9-22(16(2)10-15)30-26(33)20(25(32)29-27(30)34)11-18-12-21(28)24(23(13-18)37-3)38-14-17-5-7-19(8-6-17)31(35)36/h4-13H,14H2,1-3H3,(H,29,32,34)/b20-11+. The van der Waals surface area contributed by atoms with Gasteiger partial charge in [0.25, 0.3) is 17.5 Å². The van der Waals surface area contributed by atoms with Crippen LogP contribution in [0.25, 0.3) is 6.08 Å². The van der Waals surface area contributed by atoms with Crippen molar-refractivity contribution in [2.75, 3.05) is 12.0 Å². The number of urea groups is 1. The van der Waals surface area contributed by atoms with Crippen molar-refractivity contribution in [3.63, 3.8) is 0 Å². The Balaban J connectivity index is 1.62. The molecule has 1 aliphatic rings. The number of rotatable bonds is 7. The van der Waals surface area contributed by atoms with E-state index in [0.717, 1.165) is 16.0 Å². The number of nitro benzene ring substituents is 1. The molecule has 1 heterocycles. The number of carbonyl (C=O) groups excluding carboxylic acids is 3. The number of nitrogens with zero attached hydrogens (tertiary/aromatic N) is 2. The normalized spacial score (nSPS) is 14.5. The van der Waals surface area contributed by atoms with Gasteiger partial charge in [-0.1, -0.05) is 17.7 Å². The number of barbiturate groups is 1. The summed E-state index contributed by atoms with van der Waals surface area (Å²) in [5.41, 5.74) is 3.06. The average molecular weight is 627 g/mol. The molecule has 11 heteroatoms. The molecule has 10 nitrogen and oxygen atoms in total. The number of aryl methyl sites for hydroxylation is 2. The minimum Gasteiger partial charge on any atom is -0.493 e. The molecule has 0 aromatic heterocycles. The Morgan fingerprint density at radius 1 is 1.05 bits per heavy atom. The molecule has 0 saturated carbocycles. The lowest BCUT2D eigenvalue weighted by molar-refractivity contribution is -0.384. The second kappa shape index (κ2) is 11.0. The molecule has 0 radical (unpaired) electrons. The van der Waals surface area contributed by atoms with Gasteiger partial charge in [0.05, 0.1) is 21.3 Å². The second-order valence-corrected chi connectivity index (χ2v) is 9.66. The minimum absolute atomic E-state index is 0.0163. The molecule has 0 atom stereocenters. The zero-order valence-corrected chi connectivity index (χ0v) is 22.8. The highest BCUT2D eigenvalue weighted by Crippen LogP contribution is 2.36. The molecule has 0 aliphatic carbocycles. The van der Waals surface area contributed by atoms with Gasteiger partial charge in [0.1, 0.15) is 12.2 Å². The molecule has 1 aliphatic heterocycles. The second-order valence-electron chi connectivity index (χ2n) is 8.49. The largest absolute Gasteiger partial charge is 0.493 e. The fourth-order valence-corrected chi connectivity index (χ4v) is 4.71. The highest BCUT2D eigenvalue weighted by Gasteiger charge is 2.37. The van der Waals surface area contributed by atoms with Crippen molar-refractivity contribution in [3.05, 3.63) is 96.1 Å². The molecule has 4 amide bonds. The number of hydrogen-bond donors (Lipinski definition) is 1. The van der Waals surface area contributed by atoms with Crippen LogP contribution in [0.5, 0.6) is 11.5 Å². The molecule has 3 aromatic rings. The number of ether oxygens (including phenoxy) is 2. The van der Waals surface area contributed by atoms with E-state index < -0.39 is 22.8 Å². The van der Waals surface area contributed by atoms with E-state index in [4.69, 9.17) is 9.47 Å². The Morgan fingerprint density at radius 2 is 1.76 bits per heavy atom. The van der Waals surface area contributed by atoms with E-state index in [1.807, 2.05) is 35.6 Å². The number of imide groups is 2. The fourth-order valence-electron chi connectivity index (χ4n) is 3.93. The zero-order chi connectivity index (χ0) is 27.6. The summed E-state index contributed by atoms with van der Waals surface area (Å²) in [6.07, 6.45) is 1.39. The van der Waals surface area contributed by atoms with E-state index in [1.165, 1.54) is 25.3 Å². The lowest BCUT2D eigenvalue weighted by atomic mass is 10.0. The smallest absolute Gasteiger partial charge is 0.335 e. The van der Waals surface area contributed by atoms with Gasteiger partial charge in [-0.15, -0.1) is 0 Å². The van der Waals surface area contributed by atoms with Crippen molar-refractivity contribution < 1.29 is 28.8 Å². The van der Waals surface area contributed by atoms with Crippen LogP contribution in [0, 0.1) is 27.5 Å². The molecular weight excluding hydrogens is 605 g/mol. The summed E-state index contributed by atoms with van der Waals surface area (Å²) in [4.78, 5) is 49.8. The molecule has 0 unspecified atom stereocenters. The first-order chi connectivity index (χ1) is 18.1. The summed E-state index contributed by atoms with van der Waals surface area (Å²) in [5.74, 6) is -0.747. The van der Waals surface area contributed by atoms with Crippen LogP contribution in [0.2, 0.25) is 0 Å². The summed E-state index contributed by atoms with van der Waals surface area (Å²) >= 11 is 2.05. The monoisotopic (exact) mass is 627 g/mol. The van der Waals surface area contributed by atoms with Gasteiger partial charge >= 0.3 is 6.03 Å². The molecule has 1 saturated heterocycles. The summed E-state index contributed by atoms with van der Waals surface area (Å²) in [7, 11) is 1.46. The first kappa shape index (κ1) is 26.8. The molecule has 0 spiro atoms. The van der Waals surface area contributed by atoms with Crippen LogP contribution in [0.15, 0.2) is 60.2 Å². The predicted octanol–water partition coefficient (Wildman–Crippen LogP) is 5.07. The molecule has 38 heavy (non-hydrogen) atoms. The van der Waals surface area contributed by atoms with Crippen LogP contribution in [0.3, 0.4) is 0 Å². The highest BCUT2D eigenvalue weighted by molar-refractivity contribution is 14.1. The highest BCUT2D eigenvalue weighted by atomic mass is 127. The van der Waals surface area contributed by atoms with Gasteiger partial charge in [-0.25, -0.2) is 9.69 Å². The third-order valence-electron chi connectivity index (χ3n) is 5.79. The maximum Gasteiger partial charge on any atom is 0.335 e. The summed E-state index contributed by atoms with van der Waals surface area (Å²) < 4.78 is 12.0. The minimum atomic E-state index is -0.814. The van der Waals surface area contributed by atoms with E-state index in [9.17, 15) is 24.5 Å². The van der Waals surface area contributed by atoms with Crippen LogP contribution in [-0.4, -0.2) is 29.9 Å². The molecule has 3 aromatic carbocycles. The number of benzene rings is 3. The number of methoxy groups -OCH3 is 1. The third-order valence-corrected chi connectivity index (χ3v) is 6.59. The number of hydrogen-bond acceptors (Lipinski definition) is 7. The summed E-state index contributed by atoms with van der Waals surface area (Å²) in [5, 5.41) is 13.1. The summed E-state index contributed by atoms with van der Waals surface area (Å²) in [6.45, 7) is 3.82. The van der Waals surface area contributed by atoms with Crippen molar-refractivity contribution in [1.29, 1.82) is 0 Å². The van der Waals surface area contributed by atoms with E-state index in [2.05, 4.69) is 5.32 Å². The van der Waals surface area contributed by atoms with Crippen molar-refractivity contribution in [2.24, 2.45) is 0 Å².